The summed E-state index contributed by atoms with van der Waals surface area (Å²) >= 11 is 0. The molecule has 2 heterocycles. The molecule has 1 aromatic rings. The number of carbonyl (C=O) groups excluding carboxylic acids is 1. The van der Waals surface area contributed by atoms with Gasteiger partial charge in [0.2, 0.25) is 0 Å². The Labute approximate surface area is 106 Å². The van der Waals surface area contributed by atoms with Crippen LogP contribution in [0.4, 0.5) is 10.5 Å². The molecular formula is C13H17N3O2. The number of hydrogen-bond donors (Lipinski definition) is 1. The van der Waals surface area contributed by atoms with Crippen LogP contribution in [0.1, 0.15) is 0 Å². The molecule has 1 unspecified atom stereocenters. The van der Waals surface area contributed by atoms with Gasteiger partial charge in [-0.15, -0.1) is 0 Å². The number of nitrogens with one attached hydrogen (secondary N) is 1. The van der Waals surface area contributed by atoms with Crippen molar-refractivity contribution < 1.29 is 9.53 Å². The van der Waals surface area contributed by atoms with Crippen LogP contribution in [0.5, 0.6) is 5.75 Å². The largest absolute Gasteiger partial charge is 0.497 e. The molecule has 2 aliphatic heterocycles. The van der Waals surface area contributed by atoms with Crippen LogP contribution < -0.4 is 15.0 Å². The lowest BCUT2D eigenvalue weighted by atomic mass is 10.2. The van der Waals surface area contributed by atoms with E-state index < -0.39 is 0 Å². The van der Waals surface area contributed by atoms with E-state index in [0.29, 0.717) is 0 Å². The monoisotopic (exact) mass is 247 g/mol. The first-order valence-electron chi connectivity index (χ1n) is 6.22. The molecule has 1 N–H and O–H groups in total. The number of anilines is 1. The van der Waals surface area contributed by atoms with Crippen LogP contribution in [0, 0.1) is 0 Å². The van der Waals surface area contributed by atoms with Gasteiger partial charge in [0, 0.05) is 37.9 Å². The van der Waals surface area contributed by atoms with Crippen LogP contribution in [-0.4, -0.2) is 50.3 Å². The highest BCUT2D eigenvalue weighted by Crippen LogP contribution is 2.27. The summed E-state index contributed by atoms with van der Waals surface area (Å²) in [7, 11) is 1.64. The molecule has 3 rings (SSSR count). The molecule has 0 saturated carbocycles. The second-order valence-electron chi connectivity index (χ2n) is 4.65. The lowest BCUT2D eigenvalue weighted by Gasteiger charge is -2.28. The Morgan fingerprint density at radius 3 is 3.11 bits per heavy atom. The number of amides is 2. The van der Waals surface area contributed by atoms with E-state index in [1.807, 2.05) is 34.1 Å². The van der Waals surface area contributed by atoms with Gasteiger partial charge in [-0.1, -0.05) is 6.07 Å². The third kappa shape index (κ3) is 1.80. The highest BCUT2D eigenvalue weighted by molar-refractivity contribution is 5.95. The maximum atomic E-state index is 12.3. The smallest absolute Gasteiger partial charge is 0.324 e. The zero-order valence-electron chi connectivity index (χ0n) is 10.4. The van der Waals surface area contributed by atoms with E-state index in [1.165, 1.54) is 0 Å². The fourth-order valence-electron chi connectivity index (χ4n) is 2.61. The molecule has 0 aromatic heterocycles. The topological polar surface area (TPSA) is 44.8 Å². The number of urea groups is 1. The third-order valence-electron chi connectivity index (χ3n) is 3.59. The summed E-state index contributed by atoms with van der Waals surface area (Å²) in [6.45, 7) is 3.31. The molecule has 5 nitrogen and oxygen atoms in total. The summed E-state index contributed by atoms with van der Waals surface area (Å²) in [6, 6.07) is 8.05. The minimum Gasteiger partial charge on any atom is -0.497 e. The lowest BCUT2D eigenvalue weighted by molar-refractivity contribution is 0.193. The van der Waals surface area contributed by atoms with E-state index in [1.54, 1.807) is 7.11 Å². The van der Waals surface area contributed by atoms with Crippen molar-refractivity contribution >= 4 is 11.7 Å². The first-order chi connectivity index (χ1) is 8.79. The molecule has 0 aliphatic carbocycles. The van der Waals surface area contributed by atoms with Gasteiger partial charge in [0.1, 0.15) is 5.75 Å². The van der Waals surface area contributed by atoms with Crippen molar-refractivity contribution in [2.24, 2.45) is 0 Å². The number of carbonyl (C=O) groups is 1. The molecular weight excluding hydrogens is 230 g/mol. The quantitative estimate of drug-likeness (QED) is 0.845. The van der Waals surface area contributed by atoms with E-state index in [4.69, 9.17) is 4.74 Å². The van der Waals surface area contributed by atoms with E-state index in [2.05, 4.69) is 5.32 Å². The Morgan fingerprint density at radius 2 is 2.33 bits per heavy atom. The molecule has 96 valence electrons. The van der Waals surface area contributed by atoms with Crippen molar-refractivity contribution in [1.82, 2.24) is 10.2 Å². The van der Waals surface area contributed by atoms with Crippen LogP contribution in [0.15, 0.2) is 24.3 Å². The first kappa shape index (κ1) is 11.3. The fourth-order valence-corrected chi connectivity index (χ4v) is 2.61. The van der Waals surface area contributed by atoms with Gasteiger partial charge in [-0.3, -0.25) is 4.90 Å². The normalized spacial score (nSPS) is 23.2. The number of piperazine rings is 1. The summed E-state index contributed by atoms with van der Waals surface area (Å²) < 4.78 is 5.20. The maximum absolute atomic E-state index is 12.3. The molecule has 18 heavy (non-hydrogen) atoms. The molecule has 2 saturated heterocycles. The SMILES string of the molecule is COc1cccc(N2CC3CNCCN3C2=O)c1. The number of nitrogens with zero attached hydrogens (tertiary/aromatic N) is 2. The van der Waals surface area contributed by atoms with E-state index >= 15 is 0 Å². The van der Waals surface area contributed by atoms with Gasteiger partial charge in [-0.25, -0.2) is 4.79 Å². The molecule has 2 aliphatic rings. The molecule has 0 bridgehead atoms. The minimum atomic E-state index is 0.106. The van der Waals surface area contributed by atoms with Gasteiger partial charge in [-0.2, -0.15) is 0 Å². The highest BCUT2D eigenvalue weighted by Gasteiger charge is 2.39. The van der Waals surface area contributed by atoms with E-state index in [9.17, 15) is 4.79 Å². The number of benzene rings is 1. The number of fused-ring (bicyclic) bond motifs is 1. The zero-order chi connectivity index (χ0) is 12.5. The number of hydrogen-bond acceptors (Lipinski definition) is 3. The summed E-state index contributed by atoms with van der Waals surface area (Å²) in [5, 5.41) is 3.33. The first-order valence-corrected chi connectivity index (χ1v) is 6.22. The van der Waals surface area contributed by atoms with Crippen LogP contribution in [-0.2, 0) is 0 Å². The van der Waals surface area contributed by atoms with Gasteiger partial charge >= 0.3 is 6.03 Å². The van der Waals surface area contributed by atoms with Gasteiger partial charge in [0.15, 0.2) is 0 Å². The second kappa shape index (κ2) is 4.49. The zero-order valence-corrected chi connectivity index (χ0v) is 10.4. The van der Waals surface area contributed by atoms with Crippen molar-refractivity contribution in [2.45, 2.75) is 6.04 Å². The second-order valence-corrected chi connectivity index (χ2v) is 4.65. The summed E-state index contributed by atoms with van der Waals surface area (Å²) in [5.41, 5.74) is 0.911. The van der Waals surface area contributed by atoms with Gasteiger partial charge in [0.25, 0.3) is 0 Å². The van der Waals surface area contributed by atoms with Crippen molar-refractivity contribution in [3.63, 3.8) is 0 Å². The molecule has 2 fully saturated rings. The molecule has 0 spiro atoms. The average Bonchev–Trinajstić information content (AvgIpc) is 2.77. The van der Waals surface area contributed by atoms with E-state index in [-0.39, 0.29) is 12.1 Å². The predicted octanol–water partition coefficient (Wildman–Crippen LogP) is 0.909. The Kier molecular flexibility index (Phi) is 2.83. The number of methoxy groups -OCH3 is 1. The Morgan fingerprint density at radius 1 is 1.44 bits per heavy atom. The standard InChI is InChI=1S/C13H17N3O2/c1-18-12-4-2-3-10(7-12)16-9-11-8-14-5-6-15(11)13(16)17/h2-4,7,11,14H,5-6,8-9H2,1H3. The molecule has 1 atom stereocenters. The average molecular weight is 247 g/mol. The summed E-state index contributed by atoms with van der Waals surface area (Å²) in [4.78, 5) is 16.1. The summed E-state index contributed by atoms with van der Waals surface area (Å²) in [5.74, 6) is 0.781. The Bertz CT molecular complexity index is 463. The molecule has 5 heteroatoms. The van der Waals surface area contributed by atoms with Crippen molar-refractivity contribution in [2.75, 3.05) is 38.2 Å². The lowest BCUT2D eigenvalue weighted by Crippen LogP contribution is -2.49. The molecule has 0 radical (unpaired) electrons. The highest BCUT2D eigenvalue weighted by atomic mass is 16.5. The predicted molar refractivity (Wildman–Crippen MR) is 69.1 cm³/mol. The van der Waals surface area contributed by atoms with Gasteiger partial charge in [0.05, 0.1) is 13.2 Å². The van der Waals surface area contributed by atoms with Gasteiger partial charge < -0.3 is 15.0 Å². The molecule has 2 amide bonds. The Hall–Kier alpha value is -1.75. The number of ether oxygens (including phenoxy) is 1. The fraction of sp³-hybridized carbons (Fsp3) is 0.462. The number of rotatable bonds is 2. The van der Waals surface area contributed by atoms with Crippen LogP contribution >= 0.6 is 0 Å². The van der Waals surface area contributed by atoms with Crippen molar-refractivity contribution in [3.05, 3.63) is 24.3 Å². The molecule has 1 aromatic carbocycles. The third-order valence-corrected chi connectivity index (χ3v) is 3.59. The maximum Gasteiger partial charge on any atom is 0.324 e. The Balaban J connectivity index is 1.86. The summed E-state index contributed by atoms with van der Waals surface area (Å²) in [6.07, 6.45) is 0. The van der Waals surface area contributed by atoms with Gasteiger partial charge in [-0.05, 0) is 12.1 Å². The van der Waals surface area contributed by atoms with Crippen LogP contribution in [0.2, 0.25) is 0 Å². The van der Waals surface area contributed by atoms with E-state index in [0.717, 1.165) is 37.6 Å². The van der Waals surface area contributed by atoms with Crippen molar-refractivity contribution in [3.8, 4) is 5.75 Å². The van der Waals surface area contributed by atoms with Crippen molar-refractivity contribution in [1.29, 1.82) is 0 Å². The van der Waals surface area contributed by atoms with Crippen LogP contribution in [0.3, 0.4) is 0 Å². The van der Waals surface area contributed by atoms with Crippen LogP contribution in [0.25, 0.3) is 0 Å². The minimum absolute atomic E-state index is 0.106.